The number of nitrogens with zero attached hydrogens (tertiary/aromatic N) is 2. The Bertz CT molecular complexity index is 1170. The second-order valence-electron chi connectivity index (χ2n) is 6.67. The predicted octanol–water partition coefficient (Wildman–Crippen LogP) is 6.09. The third kappa shape index (κ3) is 5.33. The van der Waals surface area contributed by atoms with Crippen molar-refractivity contribution in [3.8, 4) is 32.6 Å². The van der Waals surface area contributed by atoms with E-state index >= 15 is 0 Å². The number of aromatic nitrogens is 2. The zero-order chi connectivity index (χ0) is 22.3. The van der Waals surface area contributed by atoms with Crippen LogP contribution in [0.25, 0.3) is 21.1 Å². The summed E-state index contributed by atoms with van der Waals surface area (Å²) in [5, 5.41) is 5.23. The van der Waals surface area contributed by atoms with E-state index in [1.165, 1.54) is 22.7 Å². The molecule has 0 bridgehead atoms. The highest BCUT2D eigenvalue weighted by atomic mass is 32.1. The van der Waals surface area contributed by atoms with Crippen molar-refractivity contribution in [3.63, 3.8) is 0 Å². The maximum absolute atomic E-state index is 12.4. The molecule has 2 aromatic carbocycles. The minimum atomic E-state index is -0.464. The van der Waals surface area contributed by atoms with E-state index in [2.05, 4.69) is 9.97 Å². The largest absolute Gasteiger partial charge is 0.494 e. The van der Waals surface area contributed by atoms with Gasteiger partial charge in [0, 0.05) is 21.9 Å². The van der Waals surface area contributed by atoms with Crippen molar-refractivity contribution in [2.75, 3.05) is 13.2 Å². The molecule has 0 saturated carbocycles. The fraction of sp³-hybridized carbons (Fsp3) is 0.208. The lowest BCUT2D eigenvalue weighted by molar-refractivity contribution is 0.0462. The highest BCUT2D eigenvalue weighted by Gasteiger charge is 2.15. The standard InChI is InChI=1S/C24H22N2O4S2/c1-3-28-19-9-5-16(6-10-19)22-25-18(14-31-22)13-30-24(27)21-15-32-23(26-21)17-7-11-20(12-8-17)29-4-2/h5-12,14-15H,3-4,13H2,1-2H3. The smallest absolute Gasteiger partial charge is 0.358 e. The van der Waals surface area contributed by atoms with Crippen molar-refractivity contribution in [2.45, 2.75) is 20.5 Å². The van der Waals surface area contributed by atoms with Gasteiger partial charge in [-0.15, -0.1) is 22.7 Å². The maximum Gasteiger partial charge on any atom is 0.358 e. The molecule has 8 heteroatoms. The van der Waals surface area contributed by atoms with Gasteiger partial charge in [0.2, 0.25) is 0 Å². The Morgan fingerprint density at radius 2 is 1.31 bits per heavy atom. The Balaban J connectivity index is 1.35. The van der Waals surface area contributed by atoms with Gasteiger partial charge in [0.1, 0.15) is 28.1 Å². The van der Waals surface area contributed by atoms with Crippen LogP contribution in [0.4, 0.5) is 0 Å². The van der Waals surface area contributed by atoms with Gasteiger partial charge in [0.05, 0.1) is 18.9 Å². The van der Waals surface area contributed by atoms with E-state index in [1.807, 2.05) is 67.8 Å². The minimum Gasteiger partial charge on any atom is -0.494 e. The lowest BCUT2D eigenvalue weighted by atomic mass is 10.2. The predicted molar refractivity (Wildman–Crippen MR) is 127 cm³/mol. The molecule has 0 amide bonds. The van der Waals surface area contributed by atoms with Crippen molar-refractivity contribution in [1.82, 2.24) is 9.97 Å². The van der Waals surface area contributed by atoms with Gasteiger partial charge < -0.3 is 14.2 Å². The van der Waals surface area contributed by atoms with Crippen LogP contribution < -0.4 is 9.47 Å². The van der Waals surface area contributed by atoms with Crippen LogP contribution in [0.2, 0.25) is 0 Å². The molecule has 2 heterocycles. The van der Waals surface area contributed by atoms with E-state index in [1.54, 1.807) is 5.38 Å². The van der Waals surface area contributed by atoms with Crippen LogP contribution in [0.3, 0.4) is 0 Å². The summed E-state index contributed by atoms with van der Waals surface area (Å²) in [7, 11) is 0. The molecule has 0 aliphatic heterocycles. The number of rotatable bonds is 9. The lowest BCUT2D eigenvalue weighted by Crippen LogP contribution is -2.05. The molecule has 32 heavy (non-hydrogen) atoms. The van der Waals surface area contributed by atoms with Gasteiger partial charge in [-0.25, -0.2) is 14.8 Å². The van der Waals surface area contributed by atoms with Crippen LogP contribution in [-0.2, 0) is 11.3 Å². The summed E-state index contributed by atoms with van der Waals surface area (Å²) in [5.74, 6) is 1.17. The number of ether oxygens (including phenoxy) is 3. The van der Waals surface area contributed by atoms with E-state index in [0.717, 1.165) is 32.6 Å². The van der Waals surface area contributed by atoms with E-state index in [-0.39, 0.29) is 6.61 Å². The topological polar surface area (TPSA) is 70.5 Å². The summed E-state index contributed by atoms with van der Waals surface area (Å²) in [4.78, 5) is 21.4. The summed E-state index contributed by atoms with van der Waals surface area (Å²) in [6, 6.07) is 15.4. The van der Waals surface area contributed by atoms with Gasteiger partial charge in [-0.05, 0) is 62.4 Å². The van der Waals surface area contributed by atoms with Gasteiger partial charge in [-0.3, -0.25) is 0 Å². The molecule has 0 radical (unpaired) electrons. The van der Waals surface area contributed by atoms with Crippen LogP contribution in [0, 0.1) is 0 Å². The van der Waals surface area contributed by atoms with Crippen molar-refractivity contribution >= 4 is 28.6 Å². The van der Waals surface area contributed by atoms with Crippen molar-refractivity contribution in [3.05, 3.63) is 70.7 Å². The number of esters is 1. The van der Waals surface area contributed by atoms with Gasteiger partial charge in [-0.1, -0.05) is 0 Å². The second-order valence-corrected chi connectivity index (χ2v) is 8.39. The molecule has 0 aliphatic rings. The number of carbonyl (C=O) groups excluding carboxylic acids is 1. The van der Waals surface area contributed by atoms with Crippen LogP contribution in [0.5, 0.6) is 11.5 Å². The highest BCUT2D eigenvalue weighted by Crippen LogP contribution is 2.28. The normalized spacial score (nSPS) is 10.7. The average Bonchev–Trinajstić information content (AvgIpc) is 3.49. The second kappa shape index (κ2) is 10.4. The van der Waals surface area contributed by atoms with Crippen LogP contribution in [-0.4, -0.2) is 29.2 Å². The van der Waals surface area contributed by atoms with Crippen LogP contribution in [0.15, 0.2) is 59.3 Å². The average molecular weight is 467 g/mol. The zero-order valence-electron chi connectivity index (χ0n) is 17.7. The van der Waals surface area contributed by atoms with Crippen LogP contribution >= 0.6 is 22.7 Å². The maximum atomic E-state index is 12.4. The molecule has 6 nitrogen and oxygen atoms in total. The zero-order valence-corrected chi connectivity index (χ0v) is 19.4. The van der Waals surface area contributed by atoms with E-state index < -0.39 is 5.97 Å². The highest BCUT2D eigenvalue weighted by molar-refractivity contribution is 7.13. The Labute approximate surface area is 194 Å². The lowest BCUT2D eigenvalue weighted by Gasteiger charge is -2.03. The summed E-state index contributed by atoms with van der Waals surface area (Å²) in [6.07, 6.45) is 0. The molecule has 4 rings (SSSR count). The number of thiazole rings is 2. The molecular formula is C24H22N2O4S2. The van der Waals surface area contributed by atoms with Gasteiger partial charge in [0.25, 0.3) is 0 Å². The third-order valence-electron chi connectivity index (χ3n) is 4.44. The molecule has 0 aliphatic carbocycles. The quantitative estimate of drug-likeness (QED) is 0.278. The summed E-state index contributed by atoms with van der Waals surface area (Å²) >= 11 is 2.91. The van der Waals surface area contributed by atoms with Crippen molar-refractivity contribution in [2.24, 2.45) is 0 Å². The SMILES string of the molecule is CCOc1ccc(-c2nc(COC(=O)c3csc(-c4ccc(OCC)cc4)n3)cs2)cc1. The molecule has 0 saturated heterocycles. The molecule has 164 valence electrons. The summed E-state index contributed by atoms with van der Waals surface area (Å²) < 4.78 is 16.4. The summed E-state index contributed by atoms with van der Waals surface area (Å²) in [5.41, 5.74) is 2.92. The Morgan fingerprint density at radius 1 is 0.781 bits per heavy atom. The van der Waals surface area contributed by atoms with Gasteiger partial charge >= 0.3 is 5.97 Å². The first-order valence-electron chi connectivity index (χ1n) is 10.2. The van der Waals surface area contributed by atoms with E-state index in [0.29, 0.717) is 24.6 Å². The van der Waals surface area contributed by atoms with E-state index in [9.17, 15) is 4.79 Å². The molecule has 4 aromatic rings. The Kier molecular flexibility index (Phi) is 7.14. The number of carbonyl (C=O) groups is 1. The van der Waals surface area contributed by atoms with Crippen molar-refractivity contribution in [1.29, 1.82) is 0 Å². The molecule has 2 aromatic heterocycles. The minimum absolute atomic E-state index is 0.0995. The molecule has 0 atom stereocenters. The Morgan fingerprint density at radius 3 is 1.88 bits per heavy atom. The first-order valence-corrected chi connectivity index (χ1v) is 12.0. The fourth-order valence-electron chi connectivity index (χ4n) is 2.94. The molecule has 0 spiro atoms. The summed E-state index contributed by atoms with van der Waals surface area (Å²) in [6.45, 7) is 5.25. The first-order chi connectivity index (χ1) is 15.7. The monoisotopic (exact) mass is 466 g/mol. The fourth-order valence-corrected chi connectivity index (χ4v) is 4.55. The number of benzene rings is 2. The number of hydrogen-bond donors (Lipinski definition) is 0. The molecule has 0 N–H and O–H groups in total. The van der Waals surface area contributed by atoms with Crippen molar-refractivity contribution < 1.29 is 19.0 Å². The van der Waals surface area contributed by atoms with E-state index in [4.69, 9.17) is 14.2 Å². The third-order valence-corrected chi connectivity index (χ3v) is 6.27. The molecular weight excluding hydrogens is 444 g/mol. The number of hydrogen-bond acceptors (Lipinski definition) is 8. The molecule has 0 unspecified atom stereocenters. The van der Waals surface area contributed by atoms with Crippen LogP contribution in [0.1, 0.15) is 30.0 Å². The van der Waals surface area contributed by atoms with Gasteiger partial charge in [0.15, 0.2) is 5.69 Å². The first kappa shape index (κ1) is 22.0. The van der Waals surface area contributed by atoms with Gasteiger partial charge in [-0.2, -0.15) is 0 Å². The Hall–Kier alpha value is -3.23. The molecule has 0 fully saturated rings.